The maximum atomic E-state index is 12.4. The Morgan fingerprint density at radius 2 is 1.61 bits per heavy atom. The minimum absolute atomic E-state index is 0.0570. The van der Waals surface area contributed by atoms with Crippen molar-refractivity contribution in [3.63, 3.8) is 0 Å². The second-order valence-corrected chi connectivity index (χ2v) is 8.06. The van der Waals surface area contributed by atoms with E-state index >= 15 is 0 Å². The van der Waals surface area contributed by atoms with Crippen LogP contribution in [-0.4, -0.2) is 135 Å². The van der Waals surface area contributed by atoms with Gasteiger partial charge in [-0.3, -0.25) is 19.5 Å². The van der Waals surface area contributed by atoms with Crippen LogP contribution in [0.2, 0.25) is 0 Å². The summed E-state index contributed by atoms with van der Waals surface area (Å²) >= 11 is 0. The van der Waals surface area contributed by atoms with Gasteiger partial charge in [0, 0.05) is 72.0 Å². The average Bonchev–Trinajstić information content (AvgIpc) is 2.99. The second kappa shape index (κ2) is 9.87. The summed E-state index contributed by atoms with van der Waals surface area (Å²) in [6, 6.07) is 0.0570. The lowest BCUT2D eigenvalue weighted by molar-refractivity contribution is -0.141. The number of hydrogen-bond acceptors (Lipinski definition) is 8. The Kier molecular flexibility index (Phi) is 7.50. The van der Waals surface area contributed by atoms with Gasteiger partial charge in [0.15, 0.2) is 6.23 Å². The Morgan fingerprint density at radius 3 is 2.25 bits per heavy atom. The highest BCUT2D eigenvalue weighted by atomic mass is 16.6. The summed E-state index contributed by atoms with van der Waals surface area (Å²) in [6.45, 7) is 12.2. The largest absolute Gasteiger partial charge is 0.469 e. The van der Waals surface area contributed by atoms with Crippen molar-refractivity contribution in [2.75, 3.05) is 86.1 Å². The lowest BCUT2D eigenvalue weighted by Gasteiger charge is -2.38. The fraction of sp³-hybridized carbons (Fsp3) is 0.895. The molecule has 2 unspecified atom stereocenters. The van der Waals surface area contributed by atoms with Crippen molar-refractivity contribution >= 4 is 12.1 Å². The molecule has 0 N–H and O–H groups in total. The molecule has 9 nitrogen and oxygen atoms in total. The maximum absolute atomic E-state index is 12.4. The van der Waals surface area contributed by atoms with Gasteiger partial charge in [-0.15, -0.1) is 0 Å². The zero-order valence-electron chi connectivity index (χ0n) is 17.5. The molecule has 3 fully saturated rings. The van der Waals surface area contributed by atoms with Crippen LogP contribution in [-0.2, 0) is 14.3 Å². The number of carbonyl (C=O) groups is 2. The van der Waals surface area contributed by atoms with Crippen molar-refractivity contribution in [3.8, 4) is 0 Å². The van der Waals surface area contributed by atoms with E-state index in [1.807, 2.05) is 4.90 Å². The summed E-state index contributed by atoms with van der Waals surface area (Å²) < 4.78 is 10.4. The molecule has 9 heteroatoms. The number of cyclic esters (lactones) is 1. The highest BCUT2D eigenvalue weighted by Crippen LogP contribution is 2.23. The van der Waals surface area contributed by atoms with Gasteiger partial charge in [0.05, 0.1) is 19.6 Å². The van der Waals surface area contributed by atoms with E-state index in [9.17, 15) is 9.59 Å². The van der Waals surface area contributed by atoms with Crippen molar-refractivity contribution < 1.29 is 19.1 Å². The first-order chi connectivity index (χ1) is 13.5. The second-order valence-electron chi connectivity index (χ2n) is 8.06. The van der Waals surface area contributed by atoms with Crippen LogP contribution in [0.15, 0.2) is 0 Å². The molecular weight excluding hydrogens is 362 g/mol. The molecule has 0 aromatic carbocycles. The number of amides is 1. The van der Waals surface area contributed by atoms with E-state index in [0.717, 1.165) is 72.0 Å². The molecule has 1 amide bonds. The highest BCUT2D eigenvalue weighted by Gasteiger charge is 2.42. The Hall–Kier alpha value is -1.42. The first-order valence-corrected chi connectivity index (χ1v) is 10.4. The smallest absolute Gasteiger partial charge is 0.411 e. The van der Waals surface area contributed by atoms with Gasteiger partial charge in [-0.25, -0.2) is 4.79 Å². The molecule has 0 aliphatic carbocycles. The van der Waals surface area contributed by atoms with Gasteiger partial charge in [0.1, 0.15) is 0 Å². The molecule has 3 aliphatic rings. The van der Waals surface area contributed by atoms with Crippen molar-refractivity contribution in [3.05, 3.63) is 0 Å². The van der Waals surface area contributed by atoms with E-state index < -0.39 is 0 Å². The van der Waals surface area contributed by atoms with Crippen LogP contribution in [0.3, 0.4) is 0 Å². The number of piperazine rings is 2. The van der Waals surface area contributed by atoms with Crippen LogP contribution < -0.4 is 0 Å². The zero-order valence-corrected chi connectivity index (χ0v) is 17.5. The molecular formula is C19H35N5O4. The Bertz CT molecular complexity index is 532. The number of esters is 1. The molecule has 0 radical (unpaired) electrons. The molecule has 28 heavy (non-hydrogen) atoms. The number of carbonyl (C=O) groups excluding carboxylic acids is 2. The minimum Gasteiger partial charge on any atom is -0.469 e. The van der Waals surface area contributed by atoms with E-state index in [4.69, 9.17) is 9.47 Å². The Labute approximate surface area is 168 Å². The number of rotatable bonds is 7. The molecule has 160 valence electrons. The number of ether oxygens (including phenoxy) is 2. The van der Waals surface area contributed by atoms with Gasteiger partial charge in [0.25, 0.3) is 0 Å². The van der Waals surface area contributed by atoms with E-state index in [1.165, 1.54) is 7.11 Å². The molecule has 2 atom stereocenters. The number of methoxy groups -OCH3 is 1. The van der Waals surface area contributed by atoms with E-state index in [2.05, 4.69) is 33.6 Å². The van der Waals surface area contributed by atoms with Crippen LogP contribution >= 0.6 is 0 Å². The van der Waals surface area contributed by atoms with Gasteiger partial charge in [-0.05, 0) is 14.0 Å². The van der Waals surface area contributed by atoms with Crippen molar-refractivity contribution in [2.24, 2.45) is 0 Å². The molecule has 0 aromatic heterocycles. The van der Waals surface area contributed by atoms with Crippen LogP contribution in [0.5, 0.6) is 0 Å². The van der Waals surface area contributed by atoms with Crippen LogP contribution in [0, 0.1) is 0 Å². The van der Waals surface area contributed by atoms with E-state index in [-0.39, 0.29) is 24.3 Å². The molecule has 0 saturated carbocycles. The van der Waals surface area contributed by atoms with Gasteiger partial charge in [-0.2, -0.15) is 0 Å². The molecule has 3 aliphatic heterocycles. The molecule has 0 spiro atoms. The fourth-order valence-electron chi connectivity index (χ4n) is 4.18. The lowest BCUT2D eigenvalue weighted by Crippen LogP contribution is -2.54. The van der Waals surface area contributed by atoms with Gasteiger partial charge < -0.3 is 19.3 Å². The molecule has 3 heterocycles. The predicted octanol–water partition coefficient (Wildman–Crippen LogP) is -0.419. The lowest BCUT2D eigenvalue weighted by atomic mass is 10.2. The third-order valence-corrected chi connectivity index (χ3v) is 6.24. The third kappa shape index (κ3) is 5.34. The van der Waals surface area contributed by atoms with Crippen LogP contribution in [0.25, 0.3) is 0 Å². The summed E-state index contributed by atoms with van der Waals surface area (Å²) in [5.41, 5.74) is 0. The van der Waals surface area contributed by atoms with Crippen molar-refractivity contribution in [2.45, 2.75) is 25.6 Å². The standard InChI is InChI=1S/C19H35N5O4/c1-16-18(23-13-10-21(11-14-23)5-4-17(25)27-3)28-19(26)24(16)15-12-22-8-6-20(2)7-9-22/h16,18H,4-15H2,1-3H3. The average molecular weight is 398 g/mol. The summed E-state index contributed by atoms with van der Waals surface area (Å²) in [7, 11) is 3.57. The first kappa shape index (κ1) is 21.3. The summed E-state index contributed by atoms with van der Waals surface area (Å²) in [5, 5.41) is 0. The maximum Gasteiger partial charge on any atom is 0.411 e. The topological polar surface area (TPSA) is 68.8 Å². The van der Waals surface area contributed by atoms with Crippen molar-refractivity contribution in [1.82, 2.24) is 24.5 Å². The molecule has 0 aromatic rings. The predicted molar refractivity (Wildman–Crippen MR) is 105 cm³/mol. The SMILES string of the molecule is COC(=O)CCN1CCN(C2OC(=O)N(CCN3CCN(C)CC3)C2C)CC1. The van der Waals surface area contributed by atoms with E-state index in [0.29, 0.717) is 6.42 Å². The van der Waals surface area contributed by atoms with E-state index in [1.54, 1.807) is 0 Å². The Morgan fingerprint density at radius 1 is 1.00 bits per heavy atom. The monoisotopic (exact) mass is 397 g/mol. The first-order valence-electron chi connectivity index (χ1n) is 10.4. The molecule has 3 rings (SSSR count). The zero-order chi connectivity index (χ0) is 20.1. The molecule has 3 saturated heterocycles. The fourth-order valence-corrected chi connectivity index (χ4v) is 4.18. The normalized spacial score (nSPS) is 28.5. The molecule has 0 bridgehead atoms. The third-order valence-electron chi connectivity index (χ3n) is 6.24. The van der Waals surface area contributed by atoms with Gasteiger partial charge >= 0.3 is 12.1 Å². The quantitative estimate of drug-likeness (QED) is 0.537. The van der Waals surface area contributed by atoms with Crippen LogP contribution in [0.4, 0.5) is 4.79 Å². The van der Waals surface area contributed by atoms with Crippen LogP contribution in [0.1, 0.15) is 13.3 Å². The minimum atomic E-state index is -0.195. The number of likely N-dealkylation sites (N-methyl/N-ethyl adjacent to an activating group) is 1. The van der Waals surface area contributed by atoms with Crippen molar-refractivity contribution in [1.29, 1.82) is 0 Å². The van der Waals surface area contributed by atoms with Gasteiger partial charge in [-0.1, -0.05) is 0 Å². The summed E-state index contributed by atoms with van der Waals surface area (Å²) in [4.78, 5) is 34.9. The Balaban J connectivity index is 1.42. The summed E-state index contributed by atoms with van der Waals surface area (Å²) in [5.74, 6) is -0.170. The highest BCUT2D eigenvalue weighted by molar-refractivity contribution is 5.70. The number of hydrogen-bond donors (Lipinski definition) is 0. The number of nitrogens with zero attached hydrogens (tertiary/aromatic N) is 5. The van der Waals surface area contributed by atoms with Gasteiger partial charge in [0.2, 0.25) is 0 Å². The summed E-state index contributed by atoms with van der Waals surface area (Å²) in [6.07, 6.45) is 0.0493.